The van der Waals surface area contributed by atoms with E-state index in [-0.39, 0.29) is 17.5 Å². The number of rotatable bonds is 5. The van der Waals surface area contributed by atoms with Crippen molar-refractivity contribution in [2.24, 2.45) is 11.7 Å². The molecule has 0 rings (SSSR count). The SMILES string of the molecule is CCS(=O)(=O)CCC(N)C(C)C. The summed E-state index contributed by atoms with van der Waals surface area (Å²) in [6, 6.07) is 0.00586. The molecule has 0 spiro atoms. The highest BCUT2D eigenvalue weighted by atomic mass is 32.2. The van der Waals surface area contributed by atoms with Gasteiger partial charge in [-0.05, 0) is 12.3 Å². The molecule has 0 bridgehead atoms. The third kappa shape index (κ3) is 4.72. The summed E-state index contributed by atoms with van der Waals surface area (Å²) in [6.45, 7) is 5.67. The molecule has 0 heterocycles. The van der Waals surface area contributed by atoms with Crippen LogP contribution in [0.25, 0.3) is 0 Å². The summed E-state index contributed by atoms with van der Waals surface area (Å²) in [7, 11) is -2.83. The standard InChI is InChI=1S/C8H19NO2S/c1-4-12(10,11)6-5-8(9)7(2)3/h7-8H,4-6,9H2,1-3H3. The van der Waals surface area contributed by atoms with Crippen LogP contribution in [-0.2, 0) is 9.84 Å². The molecule has 2 N–H and O–H groups in total. The first-order chi connectivity index (χ1) is 5.39. The Bertz CT molecular complexity index is 209. The minimum Gasteiger partial charge on any atom is -0.327 e. The lowest BCUT2D eigenvalue weighted by molar-refractivity contribution is 0.478. The summed E-state index contributed by atoms with van der Waals surface area (Å²) in [6.07, 6.45) is 0.577. The predicted molar refractivity (Wildman–Crippen MR) is 51.8 cm³/mol. The molecular weight excluding hydrogens is 174 g/mol. The van der Waals surface area contributed by atoms with E-state index < -0.39 is 9.84 Å². The van der Waals surface area contributed by atoms with Crippen LogP contribution in [0.15, 0.2) is 0 Å². The van der Waals surface area contributed by atoms with Gasteiger partial charge in [0.2, 0.25) is 0 Å². The Morgan fingerprint density at radius 2 is 1.83 bits per heavy atom. The Kier molecular flexibility index (Phi) is 4.78. The third-order valence-corrected chi connectivity index (χ3v) is 3.80. The maximum atomic E-state index is 11.1. The molecule has 4 heteroatoms. The van der Waals surface area contributed by atoms with Crippen LogP contribution in [0.1, 0.15) is 27.2 Å². The van der Waals surface area contributed by atoms with E-state index in [0.717, 1.165) is 0 Å². The van der Waals surface area contributed by atoms with Crippen LogP contribution in [0.4, 0.5) is 0 Å². The van der Waals surface area contributed by atoms with E-state index in [9.17, 15) is 8.42 Å². The van der Waals surface area contributed by atoms with E-state index >= 15 is 0 Å². The summed E-state index contributed by atoms with van der Waals surface area (Å²) in [5.41, 5.74) is 5.71. The summed E-state index contributed by atoms with van der Waals surface area (Å²) in [5.74, 6) is 0.803. The molecule has 0 amide bonds. The number of nitrogens with two attached hydrogens (primary N) is 1. The van der Waals surface area contributed by atoms with Crippen molar-refractivity contribution in [3.05, 3.63) is 0 Å². The van der Waals surface area contributed by atoms with Gasteiger partial charge in [-0.15, -0.1) is 0 Å². The van der Waals surface area contributed by atoms with Crippen LogP contribution >= 0.6 is 0 Å². The third-order valence-electron chi connectivity index (χ3n) is 2.06. The lowest BCUT2D eigenvalue weighted by Crippen LogP contribution is -2.29. The molecule has 3 nitrogen and oxygen atoms in total. The maximum absolute atomic E-state index is 11.1. The van der Waals surface area contributed by atoms with Gasteiger partial charge in [-0.1, -0.05) is 20.8 Å². The van der Waals surface area contributed by atoms with Gasteiger partial charge >= 0.3 is 0 Å². The van der Waals surface area contributed by atoms with Crippen LogP contribution in [0.2, 0.25) is 0 Å². The van der Waals surface area contributed by atoms with Gasteiger partial charge in [0.15, 0.2) is 0 Å². The topological polar surface area (TPSA) is 60.2 Å². The van der Waals surface area contributed by atoms with Gasteiger partial charge in [-0.3, -0.25) is 0 Å². The van der Waals surface area contributed by atoms with Crippen molar-refractivity contribution in [1.29, 1.82) is 0 Å². The van der Waals surface area contributed by atoms with Crippen LogP contribution in [0.5, 0.6) is 0 Å². The first-order valence-corrected chi connectivity index (χ1v) is 6.17. The van der Waals surface area contributed by atoms with Gasteiger partial charge in [0, 0.05) is 11.8 Å². The van der Waals surface area contributed by atoms with Crippen LogP contribution in [0.3, 0.4) is 0 Å². The second-order valence-corrected chi connectivity index (χ2v) is 5.91. The Morgan fingerprint density at radius 1 is 1.33 bits per heavy atom. The zero-order valence-electron chi connectivity index (χ0n) is 8.08. The predicted octanol–water partition coefficient (Wildman–Crippen LogP) is 0.795. The largest absolute Gasteiger partial charge is 0.327 e. The van der Waals surface area contributed by atoms with Crippen molar-refractivity contribution in [3.8, 4) is 0 Å². The van der Waals surface area contributed by atoms with E-state index in [2.05, 4.69) is 0 Å². The van der Waals surface area contributed by atoms with Crippen molar-refractivity contribution in [3.63, 3.8) is 0 Å². The summed E-state index contributed by atoms with van der Waals surface area (Å²) in [4.78, 5) is 0. The molecule has 0 fully saturated rings. The highest BCUT2D eigenvalue weighted by Gasteiger charge is 2.12. The molecule has 0 aliphatic rings. The first kappa shape index (κ1) is 11.9. The molecule has 0 aliphatic carbocycles. The average molecular weight is 193 g/mol. The van der Waals surface area contributed by atoms with E-state index in [1.54, 1.807) is 6.92 Å². The van der Waals surface area contributed by atoms with E-state index in [0.29, 0.717) is 12.3 Å². The molecule has 0 aliphatic heterocycles. The first-order valence-electron chi connectivity index (χ1n) is 4.35. The Morgan fingerprint density at radius 3 is 2.17 bits per heavy atom. The van der Waals surface area contributed by atoms with Crippen molar-refractivity contribution in [2.75, 3.05) is 11.5 Å². The quantitative estimate of drug-likeness (QED) is 0.702. The maximum Gasteiger partial charge on any atom is 0.150 e. The van der Waals surface area contributed by atoms with Gasteiger partial charge in [0.25, 0.3) is 0 Å². The summed E-state index contributed by atoms with van der Waals surface area (Å²) in [5, 5.41) is 0. The molecule has 1 unspecified atom stereocenters. The van der Waals surface area contributed by atoms with Gasteiger partial charge in [-0.2, -0.15) is 0 Å². The van der Waals surface area contributed by atoms with Gasteiger partial charge in [-0.25, -0.2) is 8.42 Å². The van der Waals surface area contributed by atoms with Crippen molar-refractivity contribution < 1.29 is 8.42 Å². The van der Waals surface area contributed by atoms with Gasteiger partial charge < -0.3 is 5.73 Å². The molecule has 0 aromatic carbocycles. The number of hydrogen-bond donors (Lipinski definition) is 1. The highest BCUT2D eigenvalue weighted by Crippen LogP contribution is 2.05. The van der Waals surface area contributed by atoms with Crippen molar-refractivity contribution >= 4 is 9.84 Å². The molecule has 1 atom stereocenters. The monoisotopic (exact) mass is 193 g/mol. The van der Waals surface area contributed by atoms with E-state index in [1.807, 2.05) is 13.8 Å². The van der Waals surface area contributed by atoms with Crippen LogP contribution in [-0.4, -0.2) is 26.0 Å². The smallest absolute Gasteiger partial charge is 0.150 e. The highest BCUT2D eigenvalue weighted by molar-refractivity contribution is 7.91. The van der Waals surface area contributed by atoms with E-state index in [1.165, 1.54) is 0 Å². The number of sulfone groups is 1. The van der Waals surface area contributed by atoms with Gasteiger partial charge in [0.1, 0.15) is 9.84 Å². The molecule has 74 valence electrons. The van der Waals surface area contributed by atoms with Crippen LogP contribution < -0.4 is 5.73 Å². The fourth-order valence-electron chi connectivity index (χ4n) is 0.793. The zero-order valence-corrected chi connectivity index (χ0v) is 8.89. The lowest BCUT2D eigenvalue weighted by Gasteiger charge is -2.14. The lowest BCUT2D eigenvalue weighted by atomic mass is 10.0. The second-order valence-electron chi connectivity index (χ2n) is 3.43. The molecule has 0 radical (unpaired) electrons. The minimum atomic E-state index is -2.83. The molecule has 0 aromatic rings. The minimum absolute atomic E-state index is 0.00586. The molecule has 0 aromatic heterocycles. The summed E-state index contributed by atoms with van der Waals surface area (Å²) < 4.78 is 22.1. The Labute approximate surface area is 75.3 Å². The molecule has 12 heavy (non-hydrogen) atoms. The van der Waals surface area contributed by atoms with Crippen molar-refractivity contribution in [1.82, 2.24) is 0 Å². The van der Waals surface area contributed by atoms with Crippen LogP contribution in [0, 0.1) is 5.92 Å². The van der Waals surface area contributed by atoms with E-state index in [4.69, 9.17) is 5.73 Å². The fraction of sp³-hybridized carbons (Fsp3) is 1.00. The molecular formula is C8H19NO2S. The Balaban J connectivity index is 3.84. The fourth-order valence-corrected chi connectivity index (χ4v) is 1.71. The molecule has 0 saturated carbocycles. The zero-order chi connectivity index (χ0) is 9.78. The Hall–Kier alpha value is -0.0900. The molecule has 0 saturated heterocycles. The average Bonchev–Trinajstić information content (AvgIpc) is 2.00. The summed E-state index contributed by atoms with van der Waals surface area (Å²) >= 11 is 0. The van der Waals surface area contributed by atoms with Gasteiger partial charge in [0.05, 0.1) is 5.75 Å². The second kappa shape index (κ2) is 4.82. The van der Waals surface area contributed by atoms with Crippen molar-refractivity contribution in [2.45, 2.75) is 33.2 Å². The normalized spacial score (nSPS) is 15.1. The number of hydrogen-bond acceptors (Lipinski definition) is 3.